The highest BCUT2D eigenvalue weighted by molar-refractivity contribution is 6.32. The Kier molecular flexibility index (Phi) is 4.65. The summed E-state index contributed by atoms with van der Waals surface area (Å²) < 4.78 is 5.13. The van der Waals surface area contributed by atoms with Crippen LogP contribution in [-0.4, -0.2) is 22.8 Å². The lowest BCUT2D eigenvalue weighted by molar-refractivity contribution is 0.0636. The van der Waals surface area contributed by atoms with E-state index in [-0.39, 0.29) is 11.3 Å². The number of hydrogen-bond donors (Lipinski definition) is 2. The normalized spacial score (nSPS) is 11.1. The number of ether oxygens (including phenoxy) is 1. The van der Waals surface area contributed by atoms with Crippen LogP contribution >= 0.6 is 11.6 Å². The molecular formula is C14H18ClNO4. The average Bonchev–Trinajstić information content (AvgIpc) is 2.22. The molecule has 0 aliphatic carbocycles. The molecule has 0 saturated heterocycles. The van der Waals surface area contributed by atoms with Gasteiger partial charge in [-0.1, -0.05) is 11.6 Å². The van der Waals surface area contributed by atoms with Gasteiger partial charge in [0.05, 0.1) is 11.3 Å². The summed E-state index contributed by atoms with van der Waals surface area (Å²) in [5.41, 5.74) is 0.470. The number of halogens is 1. The molecule has 110 valence electrons. The number of carboxylic acids is 1. The summed E-state index contributed by atoms with van der Waals surface area (Å²) in [5, 5.41) is 12.1. The first-order valence-corrected chi connectivity index (χ1v) is 6.43. The van der Waals surface area contributed by atoms with E-state index in [9.17, 15) is 14.7 Å². The lowest BCUT2D eigenvalue weighted by Gasteiger charge is -2.21. The van der Waals surface area contributed by atoms with E-state index >= 15 is 0 Å². The van der Waals surface area contributed by atoms with Gasteiger partial charge >= 0.3 is 12.1 Å². The molecule has 5 nitrogen and oxygen atoms in total. The van der Waals surface area contributed by atoms with Crippen LogP contribution in [0.5, 0.6) is 0 Å². The molecule has 1 aromatic rings. The van der Waals surface area contributed by atoms with Gasteiger partial charge in [-0.3, -0.25) is 5.32 Å². The van der Waals surface area contributed by atoms with Crippen LogP contribution < -0.4 is 5.32 Å². The number of nitrogens with one attached hydrogen (secondary N) is 1. The lowest BCUT2D eigenvalue weighted by atomic mass is 10.0. The Hall–Kier alpha value is -1.75. The van der Waals surface area contributed by atoms with Crippen LogP contribution in [0.15, 0.2) is 6.07 Å². The van der Waals surface area contributed by atoms with Gasteiger partial charge in [-0.15, -0.1) is 0 Å². The molecule has 2 N–H and O–H groups in total. The molecule has 0 heterocycles. The third-order valence-electron chi connectivity index (χ3n) is 2.56. The third kappa shape index (κ3) is 3.87. The zero-order valence-corrected chi connectivity index (χ0v) is 12.9. The van der Waals surface area contributed by atoms with Gasteiger partial charge in [0.15, 0.2) is 0 Å². The molecule has 0 aliphatic heterocycles. The van der Waals surface area contributed by atoms with Crippen LogP contribution in [0, 0.1) is 13.8 Å². The Morgan fingerprint density at radius 3 is 2.30 bits per heavy atom. The summed E-state index contributed by atoms with van der Waals surface area (Å²) in [6, 6.07) is 1.61. The number of rotatable bonds is 2. The fourth-order valence-corrected chi connectivity index (χ4v) is 1.97. The summed E-state index contributed by atoms with van der Waals surface area (Å²) in [7, 11) is 0. The first kappa shape index (κ1) is 16.3. The van der Waals surface area contributed by atoms with Crippen molar-refractivity contribution in [2.24, 2.45) is 0 Å². The minimum atomic E-state index is -1.15. The van der Waals surface area contributed by atoms with E-state index in [0.717, 1.165) is 0 Å². The van der Waals surface area contributed by atoms with E-state index in [1.54, 1.807) is 40.7 Å². The second kappa shape index (κ2) is 5.71. The van der Waals surface area contributed by atoms with Crippen LogP contribution in [0.1, 0.15) is 42.3 Å². The number of amides is 1. The number of benzene rings is 1. The number of carbonyl (C=O) groups excluding carboxylic acids is 1. The number of aryl methyl sites for hydroxylation is 1. The van der Waals surface area contributed by atoms with Crippen molar-refractivity contribution in [3.05, 3.63) is 27.8 Å². The molecule has 20 heavy (non-hydrogen) atoms. The van der Waals surface area contributed by atoms with Crippen molar-refractivity contribution in [1.29, 1.82) is 0 Å². The van der Waals surface area contributed by atoms with E-state index in [4.69, 9.17) is 16.3 Å². The zero-order chi connectivity index (χ0) is 15.7. The van der Waals surface area contributed by atoms with E-state index in [1.807, 2.05) is 0 Å². The summed E-state index contributed by atoms with van der Waals surface area (Å²) >= 11 is 5.97. The van der Waals surface area contributed by atoms with Gasteiger partial charge in [0.25, 0.3) is 0 Å². The first-order valence-electron chi connectivity index (χ1n) is 6.06. The molecule has 0 saturated carbocycles. The highest BCUT2D eigenvalue weighted by atomic mass is 35.5. The van der Waals surface area contributed by atoms with Crippen LogP contribution in [-0.2, 0) is 4.74 Å². The Labute approximate surface area is 122 Å². The predicted octanol–water partition coefficient (Wildman–Crippen LogP) is 4.00. The standard InChI is InChI=1S/C14H18ClNO4/c1-7-6-9(15)8(2)10(12(17)18)11(7)16-13(19)20-14(3,4)5/h6H,1-5H3,(H,16,19)(H,17,18). The number of anilines is 1. The number of hydrogen-bond acceptors (Lipinski definition) is 3. The summed E-state index contributed by atoms with van der Waals surface area (Å²) in [6.45, 7) is 8.44. The topological polar surface area (TPSA) is 75.6 Å². The maximum absolute atomic E-state index is 11.8. The minimum absolute atomic E-state index is 0.0270. The number of carboxylic acid groups (broad SMARTS) is 1. The smallest absolute Gasteiger partial charge is 0.412 e. The maximum atomic E-state index is 11.8. The van der Waals surface area contributed by atoms with Gasteiger partial charge in [-0.2, -0.15) is 0 Å². The maximum Gasteiger partial charge on any atom is 0.412 e. The summed E-state index contributed by atoms with van der Waals surface area (Å²) in [5.74, 6) is -1.15. The van der Waals surface area contributed by atoms with Crippen LogP contribution in [0.3, 0.4) is 0 Å². The van der Waals surface area contributed by atoms with E-state index in [1.165, 1.54) is 0 Å². The Bertz CT molecular complexity index is 561. The largest absolute Gasteiger partial charge is 0.478 e. The summed E-state index contributed by atoms with van der Waals surface area (Å²) in [4.78, 5) is 23.2. The Morgan fingerprint density at radius 1 is 1.30 bits per heavy atom. The molecule has 0 atom stereocenters. The van der Waals surface area contributed by atoms with Gasteiger partial charge in [0.1, 0.15) is 5.60 Å². The van der Waals surface area contributed by atoms with Gasteiger partial charge in [-0.05, 0) is 51.8 Å². The van der Waals surface area contributed by atoms with Crippen molar-refractivity contribution < 1.29 is 19.4 Å². The molecule has 0 radical (unpaired) electrons. The van der Waals surface area contributed by atoms with Gasteiger partial charge in [-0.25, -0.2) is 9.59 Å². The zero-order valence-electron chi connectivity index (χ0n) is 12.1. The van der Waals surface area contributed by atoms with E-state index in [0.29, 0.717) is 16.1 Å². The second-order valence-electron chi connectivity index (χ2n) is 5.48. The van der Waals surface area contributed by atoms with Crippen molar-refractivity contribution in [1.82, 2.24) is 0 Å². The highest BCUT2D eigenvalue weighted by Crippen LogP contribution is 2.30. The van der Waals surface area contributed by atoms with Gasteiger partial charge in [0.2, 0.25) is 0 Å². The molecule has 0 aromatic heterocycles. The SMILES string of the molecule is Cc1cc(Cl)c(C)c(C(=O)O)c1NC(=O)OC(C)(C)C. The van der Waals surface area contributed by atoms with Crippen molar-refractivity contribution in [2.75, 3.05) is 5.32 Å². The van der Waals surface area contributed by atoms with Crippen LogP contribution in [0.25, 0.3) is 0 Å². The molecule has 1 amide bonds. The molecule has 0 spiro atoms. The van der Waals surface area contributed by atoms with E-state index < -0.39 is 17.7 Å². The second-order valence-corrected chi connectivity index (χ2v) is 5.89. The van der Waals surface area contributed by atoms with Gasteiger partial charge < -0.3 is 9.84 Å². The predicted molar refractivity (Wildman–Crippen MR) is 77.7 cm³/mol. The van der Waals surface area contributed by atoms with Crippen molar-refractivity contribution >= 4 is 29.4 Å². The minimum Gasteiger partial charge on any atom is -0.478 e. The molecule has 1 aromatic carbocycles. The molecule has 0 unspecified atom stereocenters. The molecular weight excluding hydrogens is 282 g/mol. The highest BCUT2D eigenvalue weighted by Gasteiger charge is 2.22. The van der Waals surface area contributed by atoms with Crippen LogP contribution in [0.2, 0.25) is 5.02 Å². The molecule has 0 bridgehead atoms. The Balaban J connectivity index is 3.21. The fourth-order valence-electron chi connectivity index (χ4n) is 1.71. The van der Waals surface area contributed by atoms with Crippen molar-refractivity contribution in [2.45, 2.75) is 40.2 Å². The molecule has 0 aliphatic rings. The summed E-state index contributed by atoms with van der Waals surface area (Å²) in [6.07, 6.45) is -0.704. The fraction of sp³-hybridized carbons (Fsp3) is 0.429. The van der Waals surface area contributed by atoms with Crippen LogP contribution in [0.4, 0.5) is 10.5 Å². The third-order valence-corrected chi connectivity index (χ3v) is 2.95. The van der Waals surface area contributed by atoms with Crippen molar-refractivity contribution in [3.63, 3.8) is 0 Å². The quantitative estimate of drug-likeness (QED) is 0.865. The monoisotopic (exact) mass is 299 g/mol. The van der Waals surface area contributed by atoms with Crippen molar-refractivity contribution in [3.8, 4) is 0 Å². The lowest BCUT2D eigenvalue weighted by Crippen LogP contribution is -2.28. The average molecular weight is 300 g/mol. The molecule has 1 rings (SSSR count). The van der Waals surface area contributed by atoms with Gasteiger partial charge in [0, 0.05) is 5.02 Å². The number of aromatic carboxylic acids is 1. The molecule has 0 fully saturated rings. The molecule has 6 heteroatoms. The van der Waals surface area contributed by atoms with E-state index in [2.05, 4.69) is 5.32 Å². The number of carbonyl (C=O) groups is 2. The Morgan fingerprint density at radius 2 is 1.85 bits per heavy atom. The first-order chi connectivity index (χ1) is 9.03.